The van der Waals surface area contributed by atoms with Gasteiger partial charge in [-0.15, -0.1) is 0 Å². The van der Waals surface area contributed by atoms with Gasteiger partial charge in [0.05, 0.1) is 12.6 Å². The van der Waals surface area contributed by atoms with E-state index in [0.717, 1.165) is 12.8 Å². The lowest BCUT2D eigenvalue weighted by atomic mass is 9.82. The van der Waals surface area contributed by atoms with Gasteiger partial charge in [-0.05, 0) is 54.5 Å². The summed E-state index contributed by atoms with van der Waals surface area (Å²) < 4.78 is 70.7. The Labute approximate surface area is 237 Å². The van der Waals surface area contributed by atoms with Gasteiger partial charge < -0.3 is 24.7 Å². The maximum Gasteiger partial charge on any atom is 0.318 e. The van der Waals surface area contributed by atoms with Crippen LogP contribution in [0.1, 0.15) is 84.2 Å². The second kappa shape index (κ2) is 11.2. The largest absolute Gasteiger partial charge is 0.438 e. The van der Waals surface area contributed by atoms with Crippen molar-refractivity contribution in [1.29, 1.82) is 0 Å². The number of nitrogens with one attached hydrogen (secondary N) is 2. The van der Waals surface area contributed by atoms with Crippen molar-refractivity contribution in [2.45, 2.75) is 74.9 Å². The van der Waals surface area contributed by atoms with Gasteiger partial charge in [0.1, 0.15) is 23.3 Å². The summed E-state index contributed by atoms with van der Waals surface area (Å²) in [5.41, 5.74) is 1.84. The van der Waals surface area contributed by atoms with Crippen LogP contribution >= 0.6 is 0 Å². The summed E-state index contributed by atoms with van der Waals surface area (Å²) >= 11 is 0. The van der Waals surface area contributed by atoms with Crippen LogP contribution in [0.2, 0.25) is 0 Å². The molecule has 6 rings (SSSR count). The number of ether oxygens (including phenoxy) is 1. The SMILES string of the molecule is COCC(c1ccc2oc(C(NC(=O)c3nonc3C3CC3)C3CCC(F)(F)CC3)nc2c1)N1C[C@@H](C(F)F)NC1=O. The number of halogens is 4. The molecule has 0 spiro atoms. The number of hydrogen-bond acceptors (Lipinski definition) is 8. The standard InChI is InChI=1S/C27H30F4N6O5/c1-40-12-18(37-11-17(23(28)29)33-26(37)39)15-4-5-19-16(10-15)32-25(41-19)21(14-6-8-27(30,31)9-7-14)34-24(38)22-20(13-2-3-13)35-42-36-22/h4-5,10,13-14,17-18,21,23H,2-3,6-9,11-12H2,1H3,(H,33,39)(H,34,38)/t17-,18?,21?/m0/s1. The first-order valence-electron chi connectivity index (χ1n) is 13.9. The number of benzene rings is 1. The van der Waals surface area contributed by atoms with E-state index < -0.39 is 42.4 Å². The van der Waals surface area contributed by atoms with Crippen LogP contribution in [-0.4, -0.2) is 70.8 Å². The second-order valence-corrected chi connectivity index (χ2v) is 11.2. The number of urea groups is 1. The normalized spacial score (nSPS) is 22.5. The molecule has 3 fully saturated rings. The van der Waals surface area contributed by atoms with Gasteiger partial charge in [0, 0.05) is 32.4 Å². The Kier molecular flexibility index (Phi) is 7.53. The molecule has 42 heavy (non-hydrogen) atoms. The van der Waals surface area contributed by atoms with E-state index in [1.165, 1.54) is 12.0 Å². The molecule has 2 aliphatic carbocycles. The zero-order valence-electron chi connectivity index (χ0n) is 22.7. The van der Waals surface area contributed by atoms with Crippen molar-refractivity contribution in [2.75, 3.05) is 20.3 Å². The van der Waals surface area contributed by atoms with Gasteiger partial charge in [-0.3, -0.25) is 4.79 Å². The van der Waals surface area contributed by atoms with Gasteiger partial charge in [-0.2, -0.15) is 0 Å². The quantitative estimate of drug-likeness (QED) is 0.322. The monoisotopic (exact) mass is 594 g/mol. The van der Waals surface area contributed by atoms with Crippen molar-refractivity contribution in [3.63, 3.8) is 0 Å². The molecule has 1 aliphatic heterocycles. The van der Waals surface area contributed by atoms with E-state index in [9.17, 15) is 27.2 Å². The lowest BCUT2D eigenvalue weighted by Crippen LogP contribution is -2.37. The molecule has 2 aromatic heterocycles. The summed E-state index contributed by atoms with van der Waals surface area (Å²) in [6, 6.07) is 1.53. The minimum Gasteiger partial charge on any atom is -0.438 e. The van der Waals surface area contributed by atoms with Crippen molar-refractivity contribution in [2.24, 2.45) is 5.92 Å². The zero-order chi connectivity index (χ0) is 29.6. The maximum atomic E-state index is 14.0. The average molecular weight is 595 g/mol. The number of aromatic nitrogens is 3. The number of carbonyl (C=O) groups is 2. The molecule has 0 radical (unpaired) electrons. The highest BCUT2D eigenvalue weighted by molar-refractivity contribution is 5.93. The molecule has 1 saturated heterocycles. The van der Waals surface area contributed by atoms with E-state index in [4.69, 9.17) is 13.8 Å². The summed E-state index contributed by atoms with van der Waals surface area (Å²) in [6.07, 6.45) is -1.36. The third-order valence-corrected chi connectivity index (χ3v) is 8.26. The Morgan fingerprint density at radius 2 is 1.98 bits per heavy atom. The zero-order valence-corrected chi connectivity index (χ0v) is 22.7. The Bertz CT molecular complexity index is 1450. The highest BCUT2D eigenvalue weighted by atomic mass is 19.3. The Morgan fingerprint density at radius 3 is 2.64 bits per heavy atom. The van der Waals surface area contributed by atoms with Crippen molar-refractivity contribution in [1.82, 2.24) is 30.8 Å². The third kappa shape index (κ3) is 5.65. The van der Waals surface area contributed by atoms with Crippen molar-refractivity contribution in [3.05, 3.63) is 41.0 Å². The first-order chi connectivity index (χ1) is 20.1. The molecule has 2 N–H and O–H groups in total. The van der Waals surface area contributed by atoms with E-state index in [-0.39, 0.29) is 62.3 Å². The maximum absolute atomic E-state index is 14.0. The van der Waals surface area contributed by atoms with Gasteiger partial charge in [0.15, 0.2) is 11.3 Å². The number of oxazole rings is 1. The molecule has 0 bridgehead atoms. The van der Waals surface area contributed by atoms with E-state index in [2.05, 4.69) is 25.9 Å². The molecule has 3 aromatic rings. The van der Waals surface area contributed by atoms with Crippen molar-refractivity contribution < 1.29 is 40.9 Å². The van der Waals surface area contributed by atoms with E-state index in [1.54, 1.807) is 18.2 Å². The predicted molar refractivity (Wildman–Crippen MR) is 137 cm³/mol. The number of alkyl halides is 4. The predicted octanol–water partition coefficient (Wildman–Crippen LogP) is 4.73. The molecule has 2 unspecified atom stereocenters. The van der Waals surface area contributed by atoms with Crippen LogP contribution in [0, 0.1) is 5.92 Å². The number of carbonyl (C=O) groups excluding carboxylic acids is 2. The summed E-state index contributed by atoms with van der Waals surface area (Å²) in [6.45, 7) is -0.156. The fourth-order valence-electron chi connectivity index (χ4n) is 5.78. The number of hydrogen-bond donors (Lipinski definition) is 2. The van der Waals surface area contributed by atoms with Gasteiger partial charge in [-0.25, -0.2) is 32.0 Å². The van der Waals surface area contributed by atoms with Crippen molar-refractivity contribution in [3.8, 4) is 0 Å². The van der Waals surface area contributed by atoms with Gasteiger partial charge in [0.2, 0.25) is 11.8 Å². The number of amides is 3. The molecule has 3 aliphatic rings. The highest BCUT2D eigenvalue weighted by Crippen LogP contribution is 2.43. The Morgan fingerprint density at radius 1 is 1.21 bits per heavy atom. The molecular weight excluding hydrogens is 564 g/mol. The molecule has 2 saturated carbocycles. The number of fused-ring (bicyclic) bond motifs is 1. The molecule has 3 heterocycles. The van der Waals surface area contributed by atoms with E-state index in [1.807, 2.05) is 0 Å². The number of nitrogens with zero attached hydrogens (tertiary/aromatic N) is 4. The van der Waals surface area contributed by atoms with Crippen molar-refractivity contribution >= 4 is 23.0 Å². The van der Waals surface area contributed by atoms with Crippen LogP contribution in [0.4, 0.5) is 22.4 Å². The first-order valence-corrected chi connectivity index (χ1v) is 13.9. The fraction of sp³-hybridized carbons (Fsp3) is 0.593. The van der Waals surface area contributed by atoms with Crippen LogP contribution < -0.4 is 10.6 Å². The lowest BCUT2D eigenvalue weighted by Gasteiger charge is -2.32. The summed E-state index contributed by atoms with van der Waals surface area (Å²) in [7, 11) is 1.44. The molecular formula is C27H30F4N6O5. The van der Waals surface area contributed by atoms with Gasteiger partial charge >= 0.3 is 6.03 Å². The smallest absolute Gasteiger partial charge is 0.318 e. The van der Waals surface area contributed by atoms with E-state index >= 15 is 0 Å². The van der Waals surface area contributed by atoms with Crippen LogP contribution in [-0.2, 0) is 4.74 Å². The van der Waals surface area contributed by atoms with Crippen LogP contribution in [0.3, 0.4) is 0 Å². The minimum atomic E-state index is -2.78. The van der Waals surface area contributed by atoms with Crippen LogP contribution in [0.25, 0.3) is 11.1 Å². The van der Waals surface area contributed by atoms with Gasteiger partial charge in [0.25, 0.3) is 12.3 Å². The lowest BCUT2D eigenvalue weighted by molar-refractivity contribution is -0.0503. The minimum absolute atomic E-state index is 0.0453. The fourth-order valence-corrected chi connectivity index (χ4v) is 5.78. The summed E-state index contributed by atoms with van der Waals surface area (Å²) in [4.78, 5) is 31.7. The molecule has 1 aromatic carbocycles. The molecule has 3 amide bonds. The van der Waals surface area contributed by atoms with E-state index in [0.29, 0.717) is 22.4 Å². The third-order valence-electron chi connectivity index (χ3n) is 8.26. The second-order valence-electron chi connectivity index (χ2n) is 11.2. The molecule has 3 atom stereocenters. The number of methoxy groups -OCH3 is 1. The Hall–Kier alpha value is -3.75. The average Bonchev–Trinajstić information content (AvgIpc) is 3.34. The van der Waals surface area contributed by atoms with Crippen LogP contribution in [0.5, 0.6) is 0 Å². The molecule has 226 valence electrons. The molecule has 11 nitrogen and oxygen atoms in total. The van der Waals surface area contributed by atoms with Gasteiger partial charge in [-0.1, -0.05) is 11.2 Å². The summed E-state index contributed by atoms with van der Waals surface area (Å²) in [5.74, 6) is -3.49. The summed E-state index contributed by atoms with van der Waals surface area (Å²) in [5, 5.41) is 12.8. The Balaban J connectivity index is 1.29. The van der Waals surface area contributed by atoms with Crippen LogP contribution in [0.15, 0.2) is 27.2 Å². The number of rotatable bonds is 10. The highest BCUT2D eigenvalue weighted by Gasteiger charge is 2.42. The molecule has 15 heteroatoms. The first kappa shape index (κ1) is 28.4. The topological polar surface area (TPSA) is 136 Å².